The molecule has 0 heterocycles. The van der Waals surface area contributed by atoms with Gasteiger partial charge in [0.15, 0.2) is 5.78 Å². The SMILES string of the molecule is CCC(=O)[C@H](O)[C@@H](O)[C@H](O)[C@H](O)CO. The fraction of sp³-hybridized carbons (Fsp3) is 0.875. The molecule has 4 atom stereocenters. The molecule has 6 nitrogen and oxygen atoms in total. The minimum atomic E-state index is -1.79. The molecule has 0 rings (SSSR count). The molecule has 0 amide bonds. The Labute approximate surface area is 81.4 Å². The minimum absolute atomic E-state index is 0.0141. The molecule has 0 aromatic rings. The van der Waals surface area contributed by atoms with E-state index >= 15 is 0 Å². The van der Waals surface area contributed by atoms with Crippen LogP contribution in [0.2, 0.25) is 0 Å². The third-order valence-corrected chi connectivity index (χ3v) is 1.93. The molecule has 0 aromatic carbocycles. The lowest BCUT2D eigenvalue weighted by Crippen LogP contribution is -2.48. The third kappa shape index (κ3) is 3.32. The molecule has 0 spiro atoms. The maximum Gasteiger partial charge on any atom is 0.163 e. The number of aliphatic hydroxyl groups excluding tert-OH is 5. The highest BCUT2D eigenvalue weighted by atomic mass is 16.4. The minimum Gasteiger partial charge on any atom is -0.394 e. The van der Waals surface area contributed by atoms with E-state index in [1.165, 1.54) is 6.92 Å². The van der Waals surface area contributed by atoms with Gasteiger partial charge in [0.1, 0.15) is 24.4 Å². The Morgan fingerprint density at radius 3 is 2.00 bits per heavy atom. The van der Waals surface area contributed by atoms with Gasteiger partial charge in [-0.25, -0.2) is 0 Å². The first kappa shape index (κ1) is 13.5. The fourth-order valence-electron chi connectivity index (χ4n) is 0.922. The van der Waals surface area contributed by atoms with E-state index in [4.69, 9.17) is 20.4 Å². The van der Waals surface area contributed by atoms with Crippen LogP contribution in [0.5, 0.6) is 0 Å². The molecular formula is C8H16O6. The zero-order valence-corrected chi connectivity index (χ0v) is 7.87. The van der Waals surface area contributed by atoms with E-state index in [-0.39, 0.29) is 6.42 Å². The molecule has 0 unspecified atom stereocenters. The first-order valence-electron chi connectivity index (χ1n) is 4.31. The van der Waals surface area contributed by atoms with Gasteiger partial charge in [-0.05, 0) is 0 Å². The van der Waals surface area contributed by atoms with Gasteiger partial charge in [0.25, 0.3) is 0 Å². The largest absolute Gasteiger partial charge is 0.394 e. The van der Waals surface area contributed by atoms with E-state index in [0.29, 0.717) is 0 Å². The van der Waals surface area contributed by atoms with E-state index in [0.717, 1.165) is 0 Å². The second-order valence-corrected chi connectivity index (χ2v) is 3.00. The molecule has 5 N–H and O–H groups in total. The van der Waals surface area contributed by atoms with Gasteiger partial charge in [0.2, 0.25) is 0 Å². The quantitative estimate of drug-likeness (QED) is 0.327. The Bertz CT molecular complexity index is 183. The van der Waals surface area contributed by atoms with Gasteiger partial charge in [-0.15, -0.1) is 0 Å². The van der Waals surface area contributed by atoms with Crippen molar-refractivity contribution in [1.29, 1.82) is 0 Å². The van der Waals surface area contributed by atoms with Crippen molar-refractivity contribution >= 4 is 5.78 Å². The number of hydrogen-bond donors (Lipinski definition) is 5. The fourth-order valence-corrected chi connectivity index (χ4v) is 0.922. The van der Waals surface area contributed by atoms with Crippen LogP contribution in [0.15, 0.2) is 0 Å². The zero-order valence-electron chi connectivity index (χ0n) is 7.87. The highest BCUT2D eigenvalue weighted by Crippen LogP contribution is 2.07. The molecule has 6 heteroatoms. The lowest BCUT2D eigenvalue weighted by molar-refractivity contribution is -0.146. The Morgan fingerprint density at radius 2 is 1.64 bits per heavy atom. The molecule has 0 radical (unpaired) electrons. The first-order valence-corrected chi connectivity index (χ1v) is 4.31. The van der Waals surface area contributed by atoms with Crippen LogP contribution in [0, 0.1) is 0 Å². The van der Waals surface area contributed by atoms with Crippen LogP contribution < -0.4 is 0 Å². The average Bonchev–Trinajstić information content (AvgIpc) is 2.23. The smallest absolute Gasteiger partial charge is 0.163 e. The summed E-state index contributed by atoms with van der Waals surface area (Å²) in [6.07, 6.45) is -6.84. The van der Waals surface area contributed by atoms with Gasteiger partial charge in [-0.3, -0.25) is 4.79 Å². The summed E-state index contributed by atoms with van der Waals surface area (Å²) in [6, 6.07) is 0. The standard InChI is InChI=1S/C8H16O6/c1-2-4(10)6(12)8(14)7(13)5(11)3-9/h5-9,11-14H,2-3H2,1H3/t5-,6+,7-,8-/m1/s1. The molecule has 0 bridgehead atoms. The maximum atomic E-state index is 10.9. The lowest BCUT2D eigenvalue weighted by Gasteiger charge is -2.24. The predicted octanol–water partition coefficient (Wildman–Crippen LogP) is -2.60. The van der Waals surface area contributed by atoms with Crippen LogP contribution in [-0.2, 0) is 4.79 Å². The number of Topliss-reactive ketones (excluding diaryl/α,β-unsaturated/α-hetero) is 1. The van der Waals surface area contributed by atoms with Crippen LogP contribution in [0.25, 0.3) is 0 Å². The zero-order chi connectivity index (χ0) is 11.3. The van der Waals surface area contributed by atoms with Crippen molar-refractivity contribution in [3.8, 4) is 0 Å². The molecule has 0 saturated carbocycles. The lowest BCUT2D eigenvalue weighted by atomic mass is 9.99. The number of rotatable bonds is 6. The summed E-state index contributed by atoms with van der Waals surface area (Å²) in [5.41, 5.74) is 0. The molecule has 0 aromatic heterocycles. The molecule has 14 heavy (non-hydrogen) atoms. The van der Waals surface area contributed by atoms with Gasteiger partial charge in [-0.2, -0.15) is 0 Å². The number of hydrogen-bond acceptors (Lipinski definition) is 6. The highest BCUT2D eigenvalue weighted by Gasteiger charge is 2.32. The van der Waals surface area contributed by atoms with Crippen molar-refractivity contribution in [2.24, 2.45) is 0 Å². The van der Waals surface area contributed by atoms with Crippen molar-refractivity contribution in [3.05, 3.63) is 0 Å². The Hall–Kier alpha value is -0.530. The van der Waals surface area contributed by atoms with Crippen molar-refractivity contribution in [2.45, 2.75) is 37.8 Å². The Morgan fingerprint density at radius 1 is 1.14 bits per heavy atom. The predicted molar refractivity (Wildman–Crippen MR) is 46.4 cm³/mol. The van der Waals surface area contributed by atoms with Crippen LogP contribution in [0.1, 0.15) is 13.3 Å². The maximum absolute atomic E-state index is 10.9. The van der Waals surface area contributed by atoms with Crippen molar-refractivity contribution in [2.75, 3.05) is 6.61 Å². The number of carbonyl (C=O) groups excluding carboxylic acids is 1. The molecule has 0 aliphatic rings. The Balaban J connectivity index is 4.30. The van der Waals surface area contributed by atoms with E-state index in [9.17, 15) is 9.90 Å². The summed E-state index contributed by atoms with van der Waals surface area (Å²) >= 11 is 0. The van der Waals surface area contributed by atoms with Gasteiger partial charge in [0.05, 0.1) is 6.61 Å². The molecule has 0 fully saturated rings. The second kappa shape index (κ2) is 6.05. The highest BCUT2D eigenvalue weighted by molar-refractivity contribution is 5.83. The monoisotopic (exact) mass is 208 g/mol. The second-order valence-electron chi connectivity index (χ2n) is 3.00. The van der Waals surface area contributed by atoms with Crippen molar-refractivity contribution in [3.63, 3.8) is 0 Å². The summed E-state index contributed by atoms with van der Waals surface area (Å²) in [5.74, 6) is -0.637. The van der Waals surface area contributed by atoms with Gasteiger partial charge < -0.3 is 25.5 Å². The normalized spacial score (nSPS) is 19.9. The van der Waals surface area contributed by atoms with Gasteiger partial charge in [-0.1, -0.05) is 6.92 Å². The number of ketones is 1. The van der Waals surface area contributed by atoms with E-state index in [1.54, 1.807) is 0 Å². The molecular weight excluding hydrogens is 192 g/mol. The third-order valence-electron chi connectivity index (χ3n) is 1.93. The van der Waals surface area contributed by atoms with Gasteiger partial charge >= 0.3 is 0 Å². The van der Waals surface area contributed by atoms with E-state index in [1.807, 2.05) is 0 Å². The summed E-state index contributed by atoms with van der Waals surface area (Å²) < 4.78 is 0. The molecule has 84 valence electrons. The summed E-state index contributed by atoms with van der Waals surface area (Å²) in [7, 11) is 0. The summed E-state index contributed by atoms with van der Waals surface area (Å²) in [5, 5.41) is 44.8. The molecule has 0 aliphatic carbocycles. The van der Waals surface area contributed by atoms with Crippen molar-refractivity contribution < 1.29 is 30.3 Å². The molecule has 0 aliphatic heterocycles. The van der Waals surface area contributed by atoms with Crippen LogP contribution in [0.4, 0.5) is 0 Å². The Kier molecular flexibility index (Phi) is 5.82. The topological polar surface area (TPSA) is 118 Å². The van der Waals surface area contributed by atoms with Crippen LogP contribution >= 0.6 is 0 Å². The van der Waals surface area contributed by atoms with E-state index < -0.39 is 36.8 Å². The summed E-state index contributed by atoms with van der Waals surface area (Å²) in [6.45, 7) is 0.735. The first-order chi connectivity index (χ1) is 6.45. The number of aliphatic hydroxyl groups is 5. The van der Waals surface area contributed by atoms with Crippen LogP contribution in [-0.4, -0.2) is 62.3 Å². The number of carbonyl (C=O) groups is 1. The average molecular weight is 208 g/mol. The van der Waals surface area contributed by atoms with Gasteiger partial charge in [0, 0.05) is 6.42 Å². The summed E-state index contributed by atoms with van der Waals surface area (Å²) in [4.78, 5) is 10.9. The molecule has 0 saturated heterocycles. The van der Waals surface area contributed by atoms with Crippen molar-refractivity contribution in [1.82, 2.24) is 0 Å². The van der Waals surface area contributed by atoms with E-state index in [2.05, 4.69) is 0 Å². The van der Waals surface area contributed by atoms with Crippen LogP contribution in [0.3, 0.4) is 0 Å².